The highest BCUT2D eigenvalue weighted by molar-refractivity contribution is 7.82. The zero-order chi connectivity index (χ0) is 17.8. The number of alkyl carbamates (subject to hydrolysis) is 1. The van der Waals surface area contributed by atoms with E-state index in [-0.39, 0.29) is 11.3 Å². The third-order valence-corrected chi connectivity index (χ3v) is 2.92. The minimum absolute atomic E-state index is 0.0456. The van der Waals surface area contributed by atoms with Gasteiger partial charge in [0.2, 0.25) is 0 Å². The quantitative estimate of drug-likeness (QED) is 0.654. The molecule has 0 bridgehead atoms. The van der Waals surface area contributed by atoms with E-state index >= 15 is 0 Å². The number of carbonyl (C=O) groups is 2. The normalized spacial score (nSPS) is 14.4. The van der Waals surface area contributed by atoms with Crippen molar-refractivity contribution in [3.63, 3.8) is 0 Å². The molecule has 1 amide bonds. The van der Waals surface area contributed by atoms with Crippen molar-refractivity contribution in [2.45, 2.75) is 83.7 Å². The SMILES string of the molecule is CC(C)(C)NCCC(NC(=O)OC(C)(C)C)C(=O)C(C)(C)S. The molecule has 5 nitrogen and oxygen atoms in total. The second-order valence-electron chi connectivity index (χ2n) is 8.09. The lowest BCUT2D eigenvalue weighted by atomic mass is 9.98. The first kappa shape index (κ1) is 21.2. The molecule has 0 saturated carbocycles. The third-order valence-electron chi connectivity index (χ3n) is 2.70. The van der Waals surface area contributed by atoms with Gasteiger partial charge in [-0.15, -0.1) is 0 Å². The zero-order valence-corrected chi connectivity index (χ0v) is 16.1. The number of carbonyl (C=O) groups excluding carboxylic acids is 2. The van der Waals surface area contributed by atoms with E-state index in [1.807, 2.05) is 20.8 Å². The van der Waals surface area contributed by atoms with Gasteiger partial charge in [-0.3, -0.25) is 4.79 Å². The molecule has 1 unspecified atom stereocenters. The lowest BCUT2D eigenvalue weighted by molar-refractivity contribution is -0.122. The molecule has 0 aromatic rings. The highest BCUT2D eigenvalue weighted by atomic mass is 32.1. The zero-order valence-electron chi connectivity index (χ0n) is 15.2. The Morgan fingerprint density at radius 1 is 1.05 bits per heavy atom. The fourth-order valence-corrected chi connectivity index (χ4v) is 1.89. The van der Waals surface area contributed by atoms with Crippen LogP contribution in [0.2, 0.25) is 0 Å². The number of hydrogen-bond donors (Lipinski definition) is 3. The van der Waals surface area contributed by atoms with Gasteiger partial charge in [-0.1, -0.05) is 0 Å². The summed E-state index contributed by atoms with van der Waals surface area (Å²) < 4.78 is 4.41. The number of ketones is 1. The molecule has 0 fully saturated rings. The van der Waals surface area contributed by atoms with Crippen LogP contribution in [0.3, 0.4) is 0 Å². The lowest BCUT2D eigenvalue weighted by Crippen LogP contribution is -2.50. The summed E-state index contributed by atoms with van der Waals surface area (Å²) in [7, 11) is 0. The van der Waals surface area contributed by atoms with E-state index < -0.39 is 22.5 Å². The van der Waals surface area contributed by atoms with Gasteiger partial charge in [-0.2, -0.15) is 12.6 Å². The van der Waals surface area contributed by atoms with E-state index in [2.05, 4.69) is 23.3 Å². The number of thiol groups is 1. The van der Waals surface area contributed by atoms with E-state index in [1.54, 1.807) is 34.6 Å². The number of amides is 1. The summed E-state index contributed by atoms with van der Waals surface area (Å²) in [5, 5.41) is 5.98. The fourth-order valence-electron chi connectivity index (χ4n) is 1.74. The predicted octanol–water partition coefficient (Wildman–Crippen LogP) is 2.94. The molecule has 0 aromatic heterocycles. The first-order valence-electron chi connectivity index (χ1n) is 7.63. The second-order valence-corrected chi connectivity index (χ2v) is 9.21. The van der Waals surface area contributed by atoms with Crippen molar-refractivity contribution in [3.8, 4) is 0 Å². The van der Waals surface area contributed by atoms with Crippen LogP contribution in [0.15, 0.2) is 0 Å². The number of ether oxygens (including phenoxy) is 1. The molecule has 6 heteroatoms. The number of Topliss-reactive ketones (excluding diaryl/α,β-unsaturated/α-hetero) is 1. The largest absolute Gasteiger partial charge is 0.444 e. The number of rotatable bonds is 6. The Labute approximate surface area is 140 Å². The van der Waals surface area contributed by atoms with Crippen LogP contribution in [-0.2, 0) is 9.53 Å². The molecule has 0 rings (SSSR count). The topological polar surface area (TPSA) is 67.4 Å². The molecular formula is C16H32N2O3S. The van der Waals surface area contributed by atoms with Crippen LogP contribution in [0.25, 0.3) is 0 Å². The Kier molecular flexibility index (Phi) is 7.42. The first-order valence-corrected chi connectivity index (χ1v) is 8.08. The van der Waals surface area contributed by atoms with Crippen molar-refractivity contribution in [1.29, 1.82) is 0 Å². The van der Waals surface area contributed by atoms with E-state index in [0.717, 1.165) is 0 Å². The molecule has 2 N–H and O–H groups in total. The van der Waals surface area contributed by atoms with Crippen molar-refractivity contribution in [3.05, 3.63) is 0 Å². The Morgan fingerprint density at radius 3 is 1.91 bits per heavy atom. The van der Waals surface area contributed by atoms with Crippen LogP contribution >= 0.6 is 12.6 Å². The molecule has 0 aliphatic rings. The first-order chi connectivity index (χ1) is 9.62. The minimum Gasteiger partial charge on any atom is -0.444 e. The van der Waals surface area contributed by atoms with Gasteiger partial charge in [0.25, 0.3) is 0 Å². The molecule has 22 heavy (non-hydrogen) atoms. The Balaban J connectivity index is 4.81. The fraction of sp³-hybridized carbons (Fsp3) is 0.875. The maximum Gasteiger partial charge on any atom is 0.408 e. The molecular weight excluding hydrogens is 300 g/mol. The van der Waals surface area contributed by atoms with Gasteiger partial charge < -0.3 is 15.4 Å². The van der Waals surface area contributed by atoms with E-state index in [0.29, 0.717) is 13.0 Å². The Morgan fingerprint density at radius 2 is 1.55 bits per heavy atom. The predicted molar refractivity (Wildman–Crippen MR) is 93.6 cm³/mol. The van der Waals surface area contributed by atoms with Gasteiger partial charge in [-0.25, -0.2) is 4.79 Å². The van der Waals surface area contributed by atoms with Gasteiger partial charge in [-0.05, 0) is 68.4 Å². The van der Waals surface area contributed by atoms with Gasteiger partial charge in [0.1, 0.15) is 5.60 Å². The maximum atomic E-state index is 12.4. The summed E-state index contributed by atoms with van der Waals surface area (Å²) in [5.41, 5.74) is -0.645. The molecule has 0 heterocycles. The maximum absolute atomic E-state index is 12.4. The minimum atomic E-state index is -0.818. The molecule has 130 valence electrons. The molecule has 0 aliphatic heterocycles. The van der Waals surface area contributed by atoms with Crippen LogP contribution in [-0.4, -0.2) is 40.4 Å². The molecule has 0 radical (unpaired) electrons. The monoisotopic (exact) mass is 332 g/mol. The summed E-state index contributed by atoms with van der Waals surface area (Å²) in [6.07, 6.45) is -0.0986. The highest BCUT2D eigenvalue weighted by Crippen LogP contribution is 2.17. The Hall–Kier alpha value is -0.750. The van der Waals surface area contributed by atoms with Crippen LogP contribution in [0.5, 0.6) is 0 Å². The van der Waals surface area contributed by atoms with Crippen molar-refractivity contribution in [1.82, 2.24) is 10.6 Å². The molecule has 1 atom stereocenters. The van der Waals surface area contributed by atoms with Crippen LogP contribution < -0.4 is 10.6 Å². The number of nitrogens with one attached hydrogen (secondary N) is 2. The molecule has 0 saturated heterocycles. The summed E-state index contributed by atoms with van der Waals surface area (Å²) >= 11 is 4.31. The highest BCUT2D eigenvalue weighted by Gasteiger charge is 2.32. The van der Waals surface area contributed by atoms with E-state index in [1.165, 1.54) is 0 Å². The van der Waals surface area contributed by atoms with E-state index in [9.17, 15) is 9.59 Å². The van der Waals surface area contributed by atoms with Crippen LogP contribution in [0.4, 0.5) is 4.79 Å². The van der Waals surface area contributed by atoms with Crippen LogP contribution in [0, 0.1) is 0 Å². The van der Waals surface area contributed by atoms with Gasteiger partial charge in [0, 0.05) is 5.54 Å². The summed E-state index contributed by atoms with van der Waals surface area (Å²) in [5.74, 6) is -0.127. The van der Waals surface area contributed by atoms with Crippen molar-refractivity contribution >= 4 is 24.5 Å². The molecule has 0 spiro atoms. The van der Waals surface area contributed by atoms with Gasteiger partial charge in [0.05, 0.1) is 10.8 Å². The molecule has 0 aliphatic carbocycles. The summed E-state index contributed by atoms with van der Waals surface area (Å²) in [4.78, 5) is 24.4. The van der Waals surface area contributed by atoms with Crippen LogP contribution in [0.1, 0.15) is 61.8 Å². The second kappa shape index (κ2) is 7.68. The summed E-state index contributed by atoms with van der Waals surface area (Å²) in [6, 6.07) is -0.628. The standard InChI is InChI=1S/C16H32N2O3S/c1-14(2,3)17-10-9-11(12(19)16(7,8)22)18-13(20)21-15(4,5)6/h11,17,22H,9-10H2,1-8H3,(H,18,20). The van der Waals surface area contributed by atoms with Crippen molar-refractivity contribution in [2.24, 2.45) is 0 Å². The van der Waals surface area contributed by atoms with Gasteiger partial charge in [0.15, 0.2) is 5.78 Å². The van der Waals surface area contributed by atoms with Crippen molar-refractivity contribution < 1.29 is 14.3 Å². The number of hydrogen-bond acceptors (Lipinski definition) is 5. The smallest absolute Gasteiger partial charge is 0.408 e. The average Bonchev–Trinajstić information content (AvgIpc) is 2.20. The van der Waals surface area contributed by atoms with Gasteiger partial charge >= 0.3 is 6.09 Å². The average molecular weight is 333 g/mol. The summed E-state index contributed by atoms with van der Waals surface area (Å²) in [6.45, 7) is 15.6. The molecule has 0 aromatic carbocycles. The lowest BCUT2D eigenvalue weighted by Gasteiger charge is -2.28. The Bertz CT molecular complexity index is 390. The third kappa shape index (κ3) is 10.1. The van der Waals surface area contributed by atoms with E-state index in [4.69, 9.17) is 4.74 Å². The van der Waals surface area contributed by atoms with Crippen molar-refractivity contribution in [2.75, 3.05) is 6.54 Å².